The zero-order chi connectivity index (χ0) is 11.6. The van der Waals surface area contributed by atoms with E-state index < -0.39 is 29.1 Å². The normalized spacial score (nSPS) is 30.9. The highest BCUT2D eigenvalue weighted by Crippen LogP contribution is 2.42. The summed E-state index contributed by atoms with van der Waals surface area (Å²) in [4.78, 5) is 33.5. The molecule has 0 saturated heterocycles. The van der Waals surface area contributed by atoms with Crippen LogP contribution < -0.4 is 0 Å². The van der Waals surface area contributed by atoms with Crippen LogP contribution in [-0.2, 0) is 14.4 Å². The second kappa shape index (κ2) is 4.00. The van der Waals surface area contributed by atoms with E-state index in [1.54, 1.807) is 0 Å². The Morgan fingerprint density at radius 1 is 1.20 bits per heavy atom. The van der Waals surface area contributed by atoms with E-state index in [-0.39, 0.29) is 12.8 Å². The summed E-state index contributed by atoms with van der Waals surface area (Å²) in [5.74, 6) is -4.13. The van der Waals surface area contributed by atoms with Crippen LogP contribution in [0.3, 0.4) is 0 Å². The van der Waals surface area contributed by atoms with Crippen LogP contribution in [0.15, 0.2) is 0 Å². The van der Waals surface area contributed by atoms with Gasteiger partial charge >= 0.3 is 11.9 Å². The van der Waals surface area contributed by atoms with Gasteiger partial charge in [-0.1, -0.05) is 12.8 Å². The molecule has 0 aromatic heterocycles. The summed E-state index contributed by atoms with van der Waals surface area (Å²) >= 11 is 0. The van der Waals surface area contributed by atoms with Gasteiger partial charge in [0.05, 0.1) is 5.92 Å². The topological polar surface area (TPSA) is 91.7 Å². The molecule has 2 unspecified atom stereocenters. The molecule has 0 radical (unpaired) electrons. The van der Waals surface area contributed by atoms with Crippen LogP contribution in [0.4, 0.5) is 0 Å². The SMILES string of the molecule is CC(=O)C1(C(=O)O)CCCCC1C(=O)O. The lowest BCUT2D eigenvalue weighted by molar-refractivity contribution is -0.170. The van der Waals surface area contributed by atoms with E-state index in [1.807, 2.05) is 0 Å². The van der Waals surface area contributed by atoms with Crippen molar-refractivity contribution in [2.24, 2.45) is 11.3 Å². The molecule has 5 heteroatoms. The average molecular weight is 214 g/mol. The molecule has 0 spiro atoms. The van der Waals surface area contributed by atoms with Gasteiger partial charge in [-0.15, -0.1) is 0 Å². The van der Waals surface area contributed by atoms with Gasteiger partial charge in [-0.3, -0.25) is 14.4 Å². The van der Waals surface area contributed by atoms with Crippen molar-refractivity contribution >= 4 is 17.7 Å². The van der Waals surface area contributed by atoms with Gasteiger partial charge in [-0.05, 0) is 19.8 Å². The maximum atomic E-state index is 11.4. The molecular weight excluding hydrogens is 200 g/mol. The Bertz CT molecular complexity index is 293. The maximum absolute atomic E-state index is 11.4. The van der Waals surface area contributed by atoms with Crippen molar-refractivity contribution in [3.8, 4) is 0 Å². The van der Waals surface area contributed by atoms with Gasteiger partial charge in [0.15, 0.2) is 0 Å². The van der Waals surface area contributed by atoms with Crippen molar-refractivity contribution in [1.29, 1.82) is 0 Å². The number of Topliss-reactive ketones (excluding diaryl/α,β-unsaturated/α-hetero) is 1. The first kappa shape index (κ1) is 11.7. The summed E-state index contributed by atoms with van der Waals surface area (Å²) in [7, 11) is 0. The molecule has 0 aliphatic heterocycles. The molecule has 0 bridgehead atoms. The number of carbonyl (C=O) groups excluding carboxylic acids is 1. The predicted octanol–water partition coefficient (Wildman–Crippen LogP) is 0.921. The molecule has 5 nitrogen and oxygen atoms in total. The number of rotatable bonds is 3. The molecule has 1 saturated carbocycles. The van der Waals surface area contributed by atoms with Crippen molar-refractivity contribution in [3.63, 3.8) is 0 Å². The Balaban J connectivity index is 3.16. The third-order valence-electron chi connectivity index (χ3n) is 3.22. The number of aliphatic carboxylic acids is 2. The highest BCUT2D eigenvalue weighted by molar-refractivity contribution is 6.05. The molecule has 0 aromatic carbocycles. The lowest BCUT2D eigenvalue weighted by atomic mass is 9.64. The van der Waals surface area contributed by atoms with Gasteiger partial charge < -0.3 is 10.2 Å². The predicted molar refractivity (Wildman–Crippen MR) is 50.3 cm³/mol. The second-order valence-corrected chi connectivity index (χ2v) is 3.97. The minimum atomic E-state index is -1.70. The Morgan fingerprint density at radius 3 is 2.13 bits per heavy atom. The Labute approximate surface area is 87.1 Å². The van der Waals surface area contributed by atoms with E-state index in [4.69, 9.17) is 10.2 Å². The second-order valence-electron chi connectivity index (χ2n) is 3.97. The number of hydrogen-bond donors (Lipinski definition) is 2. The molecule has 2 atom stereocenters. The van der Waals surface area contributed by atoms with Gasteiger partial charge in [0.1, 0.15) is 11.2 Å². The standard InChI is InChI=1S/C10H14O5/c1-6(11)10(9(14)15)5-3-2-4-7(10)8(12)13/h7H,2-5H2,1H3,(H,12,13)(H,14,15). The number of carboxylic acid groups (broad SMARTS) is 2. The average Bonchev–Trinajstić information content (AvgIpc) is 2.16. The Morgan fingerprint density at radius 2 is 1.80 bits per heavy atom. The maximum Gasteiger partial charge on any atom is 0.318 e. The van der Waals surface area contributed by atoms with Crippen LogP contribution in [-0.4, -0.2) is 27.9 Å². The van der Waals surface area contributed by atoms with Gasteiger partial charge in [0.25, 0.3) is 0 Å². The van der Waals surface area contributed by atoms with Crippen molar-refractivity contribution in [2.45, 2.75) is 32.6 Å². The number of ketones is 1. The molecule has 2 N–H and O–H groups in total. The number of carboxylic acids is 2. The molecule has 15 heavy (non-hydrogen) atoms. The minimum absolute atomic E-state index is 0.134. The first-order chi connectivity index (χ1) is 6.93. The van der Waals surface area contributed by atoms with Crippen LogP contribution in [0.2, 0.25) is 0 Å². The largest absolute Gasteiger partial charge is 0.481 e. The van der Waals surface area contributed by atoms with E-state index in [1.165, 1.54) is 0 Å². The number of hydrogen-bond acceptors (Lipinski definition) is 3. The third kappa shape index (κ3) is 1.73. The van der Waals surface area contributed by atoms with E-state index in [9.17, 15) is 14.4 Å². The molecular formula is C10H14O5. The van der Waals surface area contributed by atoms with Crippen molar-refractivity contribution < 1.29 is 24.6 Å². The van der Waals surface area contributed by atoms with Crippen LogP contribution in [0, 0.1) is 11.3 Å². The smallest absolute Gasteiger partial charge is 0.318 e. The van der Waals surface area contributed by atoms with Gasteiger partial charge in [-0.2, -0.15) is 0 Å². The lowest BCUT2D eigenvalue weighted by Crippen LogP contribution is -2.49. The van der Waals surface area contributed by atoms with Crippen LogP contribution in [0.1, 0.15) is 32.6 Å². The molecule has 1 aliphatic rings. The molecule has 1 fully saturated rings. The van der Waals surface area contributed by atoms with Crippen LogP contribution in [0.25, 0.3) is 0 Å². The summed E-state index contributed by atoms with van der Waals surface area (Å²) in [6.45, 7) is 1.16. The number of carbonyl (C=O) groups is 3. The molecule has 1 aliphatic carbocycles. The van der Waals surface area contributed by atoms with Gasteiger partial charge in [-0.25, -0.2) is 0 Å². The monoisotopic (exact) mass is 214 g/mol. The third-order valence-corrected chi connectivity index (χ3v) is 3.22. The zero-order valence-corrected chi connectivity index (χ0v) is 8.52. The minimum Gasteiger partial charge on any atom is -0.481 e. The van der Waals surface area contributed by atoms with Gasteiger partial charge in [0, 0.05) is 0 Å². The molecule has 1 rings (SSSR count). The fourth-order valence-corrected chi connectivity index (χ4v) is 2.34. The first-order valence-corrected chi connectivity index (χ1v) is 4.90. The molecule has 0 heterocycles. The summed E-state index contributed by atoms with van der Waals surface area (Å²) in [5, 5.41) is 18.1. The van der Waals surface area contributed by atoms with Crippen molar-refractivity contribution in [2.75, 3.05) is 0 Å². The fourth-order valence-electron chi connectivity index (χ4n) is 2.34. The van der Waals surface area contributed by atoms with Crippen LogP contribution in [0.5, 0.6) is 0 Å². The Hall–Kier alpha value is -1.39. The van der Waals surface area contributed by atoms with Crippen LogP contribution >= 0.6 is 0 Å². The summed E-state index contributed by atoms with van der Waals surface area (Å²) < 4.78 is 0. The van der Waals surface area contributed by atoms with Gasteiger partial charge in [0.2, 0.25) is 0 Å². The highest BCUT2D eigenvalue weighted by Gasteiger charge is 2.54. The van der Waals surface area contributed by atoms with Crippen molar-refractivity contribution in [3.05, 3.63) is 0 Å². The first-order valence-electron chi connectivity index (χ1n) is 4.90. The summed E-state index contributed by atoms with van der Waals surface area (Å²) in [5.41, 5.74) is -1.70. The van der Waals surface area contributed by atoms with E-state index in [0.717, 1.165) is 6.92 Å². The fraction of sp³-hybridized carbons (Fsp3) is 0.700. The molecule has 84 valence electrons. The highest BCUT2D eigenvalue weighted by atomic mass is 16.4. The van der Waals surface area contributed by atoms with E-state index >= 15 is 0 Å². The summed E-state index contributed by atoms with van der Waals surface area (Å²) in [6.07, 6.45) is 1.66. The molecule has 0 aromatic rings. The summed E-state index contributed by atoms with van der Waals surface area (Å²) in [6, 6.07) is 0. The van der Waals surface area contributed by atoms with Crippen molar-refractivity contribution in [1.82, 2.24) is 0 Å². The lowest BCUT2D eigenvalue weighted by Gasteiger charge is -2.36. The quantitative estimate of drug-likeness (QED) is 0.681. The Kier molecular flexibility index (Phi) is 3.12. The van der Waals surface area contributed by atoms with E-state index in [2.05, 4.69) is 0 Å². The van der Waals surface area contributed by atoms with E-state index in [0.29, 0.717) is 12.8 Å². The molecule has 0 amide bonds. The zero-order valence-electron chi connectivity index (χ0n) is 8.52.